The van der Waals surface area contributed by atoms with Crippen LogP contribution in [-0.4, -0.2) is 6.61 Å². The van der Waals surface area contributed by atoms with Crippen LogP contribution in [0.4, 0.5) is 0 Å². The van der Waals surface area contributed by atoms with E-state index in [1.165, 1.54) is 11.1 Å². The smallest absolute Gasteiger partial charge is 0.107 e. The largest absolute Gasteiger partial charge is 0.368 e. The number of ether oxygens (including phenoxy) is 1. The molecule has 0 bridgehead atoms. The highest BCUT2D eigenvalue weighted by Gasteiger charge is 2.26. The maximum absolute atomic E-state index is 5.14. The molecular formula is C7H8OS. The molecule has 0 spiro atoms. The van der Waals surface area contributed by atoms with Crippen LogP contribution >= 0.6 is 11.3 Å². The van der Waals surface area contributed by atoms with Gasteiger partial charge >= 0.3 is 0 Å². The quantitative estimate of drug-likeness (QED) is 0.544. The van der Waals surface area contributed by atoms with Crippen LogP contribution < -0.4 is 0 Å². The maximum atomic E-state index is 5.14. The first-order valence-electron chi connectivity index (χ1n) is 3.02. The van der Waals surface area contributed by atoms with Gasteiger partial charge in [-0.3, -0.25) is 0 Å². The normalized spacial score (nSPS) is 24.3. The Hall–Kier alpha value is -0.340. The summed E-state index contributed by atoms with van der Waals surface area (Å²) in [6.45, 7) is 3.06. The minimum Gasteiger partial charge on any atom is -0.368 e. The van der Waals surface area contributed by atoms with Crippen LogP contribution in [0.2, 0.25) is 0 Å². The van der Waals surface area contributed by atoms with Gasteiger partial charge in [-0.05, 0) is 28.8 Å². The molecule has 1 unspecified atom stereocenters. The highest BCUT2D eigenvalue weighted by Crippen LogP contribution is 2.33. The zero-order valence-corrected chi connectivity index (χ0v) is 6.07. The standard InChI is InChI=1S/C7H8OS/c1-5-3-9-4-6(5)7-2-8-7/h3-4,7H,2H2,1H3. The summed E-state index contributed by atoms with van der Waals surface area (Å²) in [6.07, 6.45) is 0.441. The van der Waals surface area contributed by atoms with Crippen molar-refractivity contribution in [1.82, 2.24) is 0 Å². The van der Waals surface area contributed by atoms with Crippen molar-refractivity contribution in [2.75, 3.05) is 6.61 Å². The first kappa shape index (κ1) is 5.45. The molecule has 9 heavy (non-hydrogen) atoms. The monoisotopic (exact) mass is 140 g/mol. The second kappa shape index (κ2) is 1.82. The second-order valence-corrected chi connectivity index (χ2v) is 3.08. The molecule has 2 rings (SSSR count). The summed E-state index contributed by atoms with van der Waals surface area (Å²) in [7, 11) is 0. The van der Waals surface area contributed by atoms with Gasteiger partial charge in [-0.25, -0.2) is 0 Å². The SMILES string of the molecule is Cc1cscc1C1CO1. The lowest BCUT2D eigenvalue weighted by atomic mass is 10.2. The zero-order chi connectivity index (χ0) is 6.27. The Morgan fingerprint density at radius 1 is 1.67 bits per heavy atom. The lowest BCUT2D eigenvalue weighted by Crippen LogP contribution is -1.76. The average Bonchev–Trinajstić information content (AvgIpc) is 2.58. The van der Waals surface area contributed by atoms with Gasteiger partial charge in [0.1, 0.15) is 6.10 Å². The summed E-state index contributed by atoms with van der Waals surface area (Å²) in [6, 6.07) is 0. The molecule has 0 aromatic carbocycles. The van der Waals surface area contributed by atoms with E-state index < -0.39 is 0 Å². The van der Waals surface area contributed by atoms with Crippen LogP contribution in [0.1, 0.15) is 17.2 Å². The summed E-state index contributed by atoms with van der Waals surface area (Å²) >= 11 is 1.75. The molecule has 2 heteroatoms. The van der Waals surface area contributed by atoms with E-state index in [-0.39, 0.29) is 0 Å². The minimum atomic E-state index is 0.441. The van der Waals surface area contributed by atoms with E-state index in [0.717, 1.165) is 6.61 Å². The fraction of sp³-hybridized carbons (Fsp3) is 0.429. The molecule has 0 N–H and O–H groups in total. The number of hydrogen-bond acceptors (Lipinski definition) is 2. The van der Waals surface area contributed by atoms with Gasteiger partial charge in [0.2, 0.25) is 0 Å². The van der Waals surface area contributed by atoms with E-state index in [2.05, 4.69) is 17.7 Å². The second-order valence-electron chi connectivity index (χ2n) is 2.33. The van der Waals surface area contributed by atoms with Gasteiger partial charge in [-0.15, -0.1) is 0 Å². The van der Waals surface area contributed by atoms with Gasteiger partial charge in [0.15, 0.2) is 0 Å². The Morgan fingerprint density at radius 3 is 2.89 bits per heavy atom. The minimum absolute atomic E-state index is 0.441. The fourth-order valence-electron chi connectivity index (χ4n) is 0.928. The lowest BCUT2D eigenvalue weighted by molar-refractivity contribution is 0.415. The van der Waals surface area contributed by atoms with Crippen molar-refractivity contribution in [3.8, 4) is 0 Å². The third-order valence-electron chi connectivity index (χ3n) is 1.58. The van der Waals surface area contributed by atoms with Crippen molar-refractivity contribution in [2.24, 2.45) is 0 Å². The molecule has 48 valence electrons. The predicted octanol–water partition coefficient (Wildman–Crippen LogP) is 2.13. The molecule has 1 aliphatic rings. The molecule has 0 aliphatic carbocycles. The predicted molar refractivity (Wildman–Crippen MR) is 37.7 cm³/mol. The molecule has 1 aromatic rings. The van der Waals surface area contributed by atoms with Crippen LogP contribution in [0.25, 0.3) is 0 Å². The van der Waals surface area contributed by atoms with Crippen LogP contribution in [0.3, 0.4) is 0 Å². The summed E-state index contributed by atoms with van der Waals surface area (Å²) in [4.78, 5) is 0. The first-order chi connectivity index (χ1) is 4.38. The third kappa shape index (κ3) is 0.884. The van der Waals surface area contributed by atoms with Crippen LogP contribution in [0.15, 0.2) is 10.8 Å². The van der Waals surface area contributed by atoms with E-state index >= 15 is 0 Å². The Bertz CT molecular complexity index is 212. The summed E-state index contributed by atoms with van der Waals surface area (Å²) in [5, 5.41) is 4.34. The van der Waals surface area contributed by atoms with E-state index in [1.807, 2.05) is 0 Å². The van der Waals surface area contributed by atoms with Crippen LogP contribution in [-0.2, 0) is 4.74 Å². The topological polar surface area (TPSA) is 12.5 Å². The van der Waals surface area contributed by atoms with Gasteiger partial charge in [0.25, 0.3) is 0 Å². The van der Waals surface area contributed by atoms with Crippen molar-refractivity contribution < 1.29 is 4.74 Å². The number of rotatable bonds is 1. The van der Waals surface area contributed by atoms with Crippen molar-refractivity contribution >= 4 is 11.3 Å². The van der Waals surface area contributed by atoms with Crippen molar-refractivity contribution in [1.29, 1.82) is 0 Å². The molecular weight excluding hydrogens is 132 g/mol. The Labute approximate surface area is 58.3 Å². The first-order valence-corrected chi connectivity index (χ1v) is 3.96. The van der Waals surface area contributed by atoms with Gasteiger partial charge in [-0.2, -0.15) is 11.3 Å². The molecule has 0 saturated carbocycles. The van der Waals surface area contributed by atoms with Gasteiger partial charge in [0.05, 0.1) is 6.61 Å². The van der Waals surface area contributed by atoms with E-state index in [9.17, 15) is 0 Å². The summed E-state index contributed by atoms with van der Waals surface area (Å²) in [5.74, 6) is 0. The molecule has 2 heterocycles. The summed E-state index contributed by atoms with van der Waals surface area (Å²) < 4.78 is 5.14. The molecule has 1 fully saturated rings. The molecule has 1 nitrogen and oxygen atoms in total. The van der Waals surface area contributed by atoms with E-state index in [1.54, 1.807) is 11.3 Å². The van der Waals surface area contributed by atoms with E-state index in [4.69, 9.17) is 4.74 Å². The molecule has 1 aliphatic heterocycles. The Kier molecular flexibility index (Phi) is 1.10. The molecule has 0 amide bonds. The lowest BCUT2D eigenvalue weighted by Gasteiger charge is -1.88. The maximum Gasteiger partial charge on any atom is 0.107 e. The van der Waals surface area contributed by atoms with Gasteiger partial charge < -0.3 is 4.74 Å². The number of aryl methyl sites for hydroxylation is 1. The average molecular weight is 140 g/mol. The number of thiophene rings is 1. The van der Waals surface area contributed by atoms with Gasteiger partial charge in [-0.1, -0.05) is 0 Å². The van der Waals surface area contributed by atoms with Crippen molar-refractivity contribution in [3.63, 3.8) is 0 Å². The van der Waals surface area contributed by atoms with Crippen LogP contribution in [0, 0.1) is 6.92 Å². The highest BCUT2D eigenvalue weighted by atomic mass is 32.1. The zero-order valence-electron chi connectivity index (χ0n) is 5.26. The van der Waals surface area contributed by atoms with Gasteiger partial charge in [0, 0.05) is 0 Å². The Balaban J connectivity index is 2.35. The molecule has 1 atom stereocenters. The molecule has 1 saturated heterocycles. The van der Waals surface area contributed by atoms with Crippen LogP contribution in [0.5, 0.6) is 0 Å². The highest BCUT2D eigenvalue weighted by molar-refractivity contribution is 7.08. The number of hydrogen-bond donors (Lipinski definition) is 0. The third-order valence-corrected chi connectivity index (χ3v) is 2.46. The van der Waals surface area contributed by atoms with Crippen molar-refractivity contribution in [3.05, 3.63) is 21.9 Å². The fourth-order valence-corrected chi connectivity index (χ4v) is 1.82. The molecule has 1 aromatic heterocycles. The summed E-state index contributed by atoms with van der Waals surface area (Å²) in [5.41, 5.74) is 2.77. The Morgan fingerprint density at radius 2 is 2.44 bits per heavy atom. The molecule has 0 radical (unpaired) electrons. The number of epoxide rings is 1. The van der Waals surface area contributed by atoms with Crippen molar-refractivity contribution in [2.45, 2.75) is 13.0 Å². The van der Waals surface area contributed by atoms with E-state index in [0.29, 0.717) is 6.10 Å².